The molecule has 1 saturated heterocycles. The molecule has 2 aliphatic rings. The summed E-state index contributed by atoms with van der Waals surface area (Å²) in [6.07, 6.45) is -0.666. The van der Waals surface area contributed by atoms with Crippen LogP contribution in [-0.4, -0.2) is 64.5 Å². The average Bonchev–Trinajstić information content (AvgIpc) is 2.99. The van der Waals surface area contributed by atoms with E-state index in [-0.39, 0.29) is 0 Å². The molecule has 10 heteroatoms. The van der Waals surface area contributed by atoms with E-state index in [2.05, 4.69) is 10.3 Å². The second-order valence-corrected chi connectivity index (χ2v) is 7.89. The predicted molar refractivity (Wildman–Crippen MR) is 102 cm³/mol. The van der Waals surface area contributed by atoms with Crippen LogP contribution in [0.15, 0.2) is 29.3 Å². The fourth-order valence-corrected chi connectivity index (χ4v) is 4.13. The Labute approximate surface area is 165 Å². The largest absolute Gasteiger partial charge is 0.468 e. The van der Waals surface area contributed by atoms with Gasteiger partial charge in [-0.25, -0.2) is 9.79 Å². The van der Waals surface area contributed by atoms with Crippen LogP contribution in [-0.2, 0) is 20.9 Å². The van der Waals surface area contributed by atoms with Crippen molar-refractivity contribution in [3.63, 3.8) is 0 Å². The Morgan fingerprint density at radius 2 is 2.11 bits per heavy atom. The minimum absolute atomic E-state index is 0.315. The van der Waals surface area contributed by atoms with E-state index >= 15 is 0 Å². The number of fused-ring (bicyclic) bond motifs is 1. The van der Waals surface area contributed by atoms with Crippen LogP contribution in [0.2, 0.25) is 5.02 Å². The molecule has 1 N–H and O–H groups in total. The summed E-state index contributed by atoms with van der Waals surface area (Å²) < 4.78 is 4.77. The molecule has 3 unspecified atom stereocenters. The molecule has 3 atom stereocenters. The van der Waals surface area contributed by atoms with E-state index in [4.69, 9.17) is 16.3 Å². The first-order chi connectivity index (χ1) is 12.8. The number of carbonyl (C=O) groups is 3. The summed E-state index contributed by atoms with van der Waals surface area (Å²) in [6.45, 7) is 2.01. The van der Waals surface area contributed by atoms with E-state index in [9.17, 15) is 14.4 Å². The third-order valence-electron chi connectivity index (χ3n) is 4.44. The Morgan fingerprint density at radius 1 is 1.41 bits per heavy atom. The number of methoxy groups -OCH3 is 1. The van der Waals surface area contributed by atoms with Gasteiger partial charge in [0, 0.05) is 18.6 Å². The number of nitrogens with one attached hydrogen (secondary N) is 1. The second-order valence-electron chi connectivity index (χ2n) is 6.18. The number of amides is 3. The predicted octanol–water partition coefficient (Wildman–Crippen LogP) is 1.68. The highest BCUT2D eigenvalue weighted by molar-refractivity contribution is 8.14. The standard InChI is InChI=1S/C17H19ClN4O4S/c1-9(15(24)26-3)27-17-19-13-12(14(23)20-16(25)21(13)2)22(17)8-10-6-4-5-7-11(10)18/h4-7,9,12-13H,8H2,1-3H3,(H,20,23,25). The van der Waals surface area contributed by atoms with E-state index in [0.717, 1.165) is 5.56 Å². The summed E-state index contributed by atoms with van der Waals surface area (Å²) in [4.78, 5) is 44.0. The third-order valence-corrected chi connectivity index (χ3v) is 5.90. The van der Waals surface area contributed by atoms with Crippen LogP contribution in [0.1, 0.15) is 12.5 Å². The number of benzene rings is 1. The molecule has 1 aromatic carbocycles. The molecule has 3 amide bonds. The number of hydrogen-bond acceptors (Lipinski definition) is 7. The number of carbonyl (C=O) groups excluding carboxylic acids is 3. The summed E-state index contributed by atoms with van der Waals surface area (Å²) in [7, 11) is 2.89. The van der Waals surface area contributed by atoms with E-state index in [1.54, 1.807) is 24.9 Å². The summed E-state index contributed by atoms with van der Waals surface area (Å²) in [5.41, 5.74) is 0.811. The lowest BCUT2D eigenvalue weighted by Crippen LogP contribution is -2.63. The Balaban J connectivity index is 1.94. The molecule has 8 nitrogen and oxygen atoms in total. The first-order valence-electron chi connectivity index (χ1n) is 8.23. The lowest BCUT2D eigenvalue weighted by Gasteiger charge is -2.36. The molecule has 27 heavy (non-hydrogen) atoms. The number of imide groups is 1. The number of rotatable bonds is 4. The van der Waals surface area contributed by atoms with Crippen molar-refractivity contribution in [2.45, 2.75) is 30.9 Å². The molecule has 0 saturated carbocycles. The zero-order chi connectivity index (χ0) is 19.7. The van der Waals surface area contributed by atoms with Crippen molar-refractivity contribution in [3.8, 4) is 0 Å². The van der Waals surface area contributed by atoms with Crippen molar-refractivity contribution < 1.29 is 19.1 Å². The van der Waals surface area contributed by atoms with Gasteiger partial charge in [-0.3, -0.25) is 14.9 Å². The van der Waals surface area contributed by atoms with Crippen LogP contribution < -0.4 is 5.32 Å². The molecular weight excluding hydrogens is 392 g/mol. The Hall–Kier alpha value is -2.26. The maximum Gasteiger partial charge on any atom is 0.325 e. The normalized spacial score (nSPS) is 22.9. The summed E-state index contributed by atoms with van der Waals surface area (Å²) >= 11 is 7.46. The maximum atomic E-state index is 12.5. The summed E-state index contributed by atoms with van der Waals surface area (Å²) in [5, 5.41) is 2.86. The monoisotopic (exact) mass is 410 g/mol. The molecule has 2 aliphatic heterocycles. The van der Waals surface area contributed by atoms with Crippen LogP contribution in [0.25, 0.3) is 0 Å². The van der Waals surface area contributed by atoms with Crippen molar-refractivity contribution in [1.82, 2.24) is 15.1 Å². The highest BCUT2D eigenvalue weighted by Gasteiger charge is 2.49. The zero-order valence-electron chi connectivity index (χ0n) is 15.0. The van der Waals surface area contributed by atoms with Gasteiger partial charge < -0.3 is 14.5 Å². The molecule has 1 fully saturated rings. The molecule has 2 heterocycles. The number of likely N-dealkylation sites (N-methyl/N-ethyl adjacent to an activating group) is 1. The summed E-state index contributed by atoms with van der Waals surface area (Å²) in [6, 6.07) is 6.10. The van der Waals surface area contributed by atoms with Gasteiger partial charge in [0.25, 0.3) is 5.91 Å². The average molecular weight is 411 g/mol. The van der Waals surface area contributed by atoms with Crippen molar-refractivity contribution in [1.29, 1.82) is 0 Å². The third kappa shape index (κ3) is 3.74. The van der Waals surface area contributed by atoms with Gasteiger partial charge in [0.15, 0.2) is 17.4 Å². The first-order valence-corrected chi connectivity index (χ1v) is 9.49. The van der Waals surface area contributed by atoms with Gasteiger partial charge in [-0.15, -0.1) is 0 Å². The molecule has 0 radical (unpaired) electrons. The SMILES string of the molecule is COC(=O)C(C)SC1=NC2C(C(=O)NC(=O)N2C)N1Cc1ccccc1Cl. The number of nitrogens with zero attached hydrogens (tertiary/aromatic N) is 3. The minimum atomic E-state index is -0.698. The molecular formula is C17H19ClN4O4S. The number of ether oxygens (including phenoxy) is 1. The molecule has 0 aromatic heterocycles. The van der Waals surface area contributed by atoms with E-state index in [1.165, 1.54) is 23.8 Å². The number of amidine groups is 1. The number of aliphatic imine (C=N–C) groups is 1. The van der Waals surface area contributed by atoms with Gasteiger partial charge in [0.2, 0.25) is 0 Å². The lowest BCUT2D eigenvalue weighted by atomic mass is 10.1. The van der Waals surface area contributed by atoms with Crippen molar-refractivity contribution >= 4 is 46.4 Å². The van der Waals surface area contributed by atoms with Gasteiger partial charge in [0.1, 0.15) is 5.25 Å². The van der Waals surface area contributed by atoms with Gasteiger partial charge in [-0.05, 0) is 18.6 Å². The van der Waals surface area contributed by atoms with Gasteiger partial charge in [-0.1, -0.05) is 41.6 Å². The highest BCUT2D eigenvalue weighted by Crippen LogP contribution is 2.32. The smallest absolute Gasteiger partial charge is 0.325 e. The van der Waals surface area contributed by atoms with Crippen molar-refractivity contribution in [3.05, 3.63) is 34.9 Å². The Morgan fingerprint density at radius 3 is 2.78 bits per heavy atom. The second kappa shape index (κ2) is 7.77. The first kappa shape index (κ1) is 19.5. The molecule has 0 spiro atoms. The fraction of sp³-hybridized carbons (Fsp3) is 0.412. The topological polar surface area (TPSA) is 91.3 Å². The molecule has 3 rings (SSSR count). The van der Waals surface area contributed by atoms with Crippen LogP contribution in [0.4, 0.5) is 4.79 Å². The number of esters is 1. The van der Waals surface area contributed by atoms with E-state index in [0.29, 0.717) is 16.7 Å². The number of hydrogen-bond donors (Lipinski definition) is 1. The van der Waals surface area contributed by atoms with Crippen LogP contribution in [0.3, 0.4) is 0 Å². The Kier molecular flexibility index (Phi) is 5.61. The van der Waals surface area contributed by atoms with Crippen LogP contribution >= 0.6 is 23.4 Å². The zero-order valence-corrected chi connectivity index (χ0v) is 16.6. The fourth-order valence-electron chi connectivity index (χ4n) is 2.95. The lowest BCUT2D eigenvalue weighted by molar-refractivity contribution is -0.139. The van der Waals surface area contributed by atoms with Gasteiger partial charge >= 0.3 is 12.0 Å². The van der Waals surface area contributed by atoms with Crippen molar-refractivity contribution in [2.24, 2.45) is 4.99 Å². The summed E-state index contributed by atoms with van der Waals surface area (Å²) in [5.74, 6) is -0.829. The van der Waals surface area contributed by atoms with Crippen LogP contribution in [0, 0.1) is 0 Å². The van der Waals surface area contributed by atoms with E-state index in [1.807, 2.05) is 18.2 Å². The van der Waals surface area contributed by atoms with Crippen molar-refractivity contribution in [2.75, 3.05) is 14.2 Å². The Bertz CT molecular complexity index is 818. The molecule has 0 bridgehead atoms. The highest BCUT2D eigenvalue weighted by atomic mass is 35.5. The minimum Gasteiger partial charge on any atom is -0.468 e. The van der Waals surface area contributed by atoms with Crippen LogP contribution in [0.5, 0.6) is 0 Å². The van der Waals surface area contributed by atoms with Gasteiger partial charge in [0.05, 0.1) is 7.11 Å². The molecule has 144 valence electrons. The molecule has 0 aliphatic carbocycles. The van der Waals surface area contributed by atoms with E-state index < -0.39 is 35.4 Å². The number of urea groups is 1. The quantitative estimate of drug-likeness (QED) is 0.759. The maximum absolute atomic E-state index is 12.5. The number of thioether (sulfide) groups is 1. The van der Waals surface area contributed by atoms with Gasteiger partial charge in [-0.2, -0.15) is 0 Å². The molecule has 1 aromatic rings. The number of halogens is 1.